The third-order valence-corrected chi connectivity index (χ3v) is 4.83. The average Bonchev–Trinajstić information content (AvgIpc) is 2.83. The lowest BCUT2D eigenvalue weighted by atomic mass is 10.1. The van der Waals surface area contributed by atoms with Crippen molar-refractivity contribution < 1.29 is 14.4 Å². The molecule has 3 rings (SSSR count). The number of amides is 3. The molecule has 0 aromatic heterocycles. The topological polar surface area (TPSA) is 99.3 Å². The van der Waals surface area contributed by atoms with Crippen molar-refractivity contribution in [1.82, 2.24) is 5.32 Å². The first-order chi connectivity index (χ1) is 16.0. The van der Waals surface area contributed by atoms with E-state index in [1.807, 2.05) is 37.3 Å². The Bertz CT molecular complexity index is 1100. The second-order valence-corrected chi connectivity index (χ2v) is 7.46. The minimum Gasteiger partial charge on any atom is -0.376 e. The Hall–Kier alpha value is -4.13. The van der Waals surface area contributed by atoms with Gasteiger partial charge in [0.15, 0.2) is 0 Å². The molecule has 0 fully saturated rings. The van der Waals surface area contributed by atoms with Gasteiger partial charge in [0.1, 0.15) is 0 Å². The van der Waals surface area contributed by atoms with Crippen molar-refractivity contribution in [2.75, 3.05) is 29.0 Å². The van der Waals surface area contributed by atoms with Crippen LogP contribution in [-0.2, 0) is 16.0 Å². The van der Waals surface area contributed by atoms with Gasteiger partial charge in [-0.3, -0.25) is 14.4 Å². The normalized spacial score (nSPS) is 10.2. The van der Waals surface area contributed by atoms with Gasteiger partial charge in [0, 0.05) is 35.6 Å². The summed E-state index contributed by atoms with van der Waals surface area (Å²) in [5, 5.41) is 11.4. The molecule has 0 unspecified atom stereocenters. The molecule has 0 aliphatic rings. The van der Waals surface area contributed by atoms with Crippen LogP contribution in [0.3, 0.4) is 0 Å². The zero-order chi connectivity index (χ0) is 23.5. The minimum atomic E-state index is -0.244. The fourth-order valence-corrected chi connectivity index (χ4v) is 3.22. The smallest absolute Gasteiger partial charge is 0.251 e. The Balaban J connectivity index is 1.48. The maximum absolute atomic E-state index is 12.4. The Morgan fingerprint density at radius 2 is 1.39 bits per heavy atom. The summed E-state index contributed by atoms with van der Waals surface area (Å²) >= 11 is 0. The molecular weight excluding hydrogens is 416 g/mol. The van der Waals surface area contributed by atoms with Gasteiger partial charge in [-0.15, -0.1) is 0 Å². The van der Waals surface area contributed by atoms with E-state index in [4.69, 9.17) is 0 Å². The maximum Gasteiger partial charge on any atom is 0.251 e. The predicted molar refractivity (Wildman–Crippen MR) is 131 cm³/mol. The van der Waals surface area contributed by atoms with Gasteiger partial charge >= 0.3 is 0 Å². The average molecular weight is 445 g/mol. The molecule has 0 aliphatic heterocycles. The molecule has 0 heterocycles. The van der Waals surface area contributed by atoms with E-state index in [9.17, 15) is 14.4 Å². The number of carbonyl (C=O) groups is 3. The molecule has 0 saturated carbocycles. The van der Waals surface area contributed by atoms with Crippen molar-refractivity contribution in [3.8, 4) is 0 Å². The van der Waals surface area contributed by atoms with E-state index in [0.717, 1.165) is 5.56 Å². The monoisotopic (exact) mass is 444 g/mol. The summed E-state index contributed by atoms with van der Waals surface area (Å²) in [7, 11) is 0. The molecule has 0 aliphatic carbocycles. The fraction of sp³-hybridized carbons (Fsp3) is 0.192. The molecule has 33 heavy (non-hydrogen) atoms. The van der Waals surface area contributed by atoms with E-state index >= 15 is 0 Å². The number of hydrogen-bond donors (Lipinski definition) is 4. The number of nitrogens with one attached hydrogen (secondary N) is 4. The zero-order valence-corrected chi connectivity index (χ0v) is 18.6. The van der Waals surface area contributed by atoms with Gasteiger partial charge in [0.25, 0.3) is 5.91 Å². The van der Waals surface area contributed by atoms with Crippen LogP contribution >= 0.6 is 0 Å². The molecule has 170 valence electrons. The molecule has 0 atom stereocenters. The first-order valence-electron chi connectivity index (χ1n) is 10.9. The van der Waals surface area contributed by atoms with Gasteiger partial charge in [-0.1, -0.05) is 42.5 Å². The van der Waals surface area contributed by atoms with Crippen molar-refractivity contribution in [1.29, 1.82) is 0 Å². The van der Waals surface area contributed by atoms with Crippen LogP contribution in [0.5, 0.6) is 0 Å². The third kappa shape index (κ3) is 7.81. The predicted octanol–water partition coefficient (Wildman–Crippen LogP) is 4.06. The molecule has 0 spiro atoms. The highest BCUT2D eigenvalue weighted by molar-refractivity contribution is 5.97. The quantitative estimate of drug-likeness (QED) is 0.379. The Morgan fingerprint density at radius 3 is 2.12 bits per heavy atom. The van der Waals surface area contributed by atoms with Gasteiger partial charge < -0.3 is 21.3 Å². The number of carbonyl (C=O) groups excluding carboxylic acids is 3. The maximum atomic E-state index is 12.4. The van der Waals surface area contributed by atoms with Gasteiger partial charge in [0.05, 0.1) is 6.54 Å². The molecule has 7 heteroatoms. The SMILES string of the molecule is CCNC(=O)c1cccc(NCC(=O)Nc2cccc(NC(=O)CCc3ccccc3)c2)c1. The second kappa shape index (κ2) is 12.0. The number of aryl methyl sites for hydroxylation is 1. The number of benzene rings is 3. The zero-order valence-electron chi connectivity index (χ0n) is 18.6. The first kappa shape index (κ1) is 23.5. The van der Waals surface area contributed by atoms with Gasteiger partial charge in [-0.25, -0.2) is 0 Å². The lowest BCUT2D eigenvalue weighted by Gasteiger charge is -2.11. The lowest BCUT2D eigenvalue weighted by Crippen LogP contribution is -2.23. The van der Waals surface area contributed by atoms with Gasteiger partial charge in [0.2, 0.25) is 11.8 Å². The Morgan fingerprint density at radius 1 is 0.727 bits per heavy atom. The summed E-state index contributed by atoms with van der Waals surface area (Å²) in [6, 6.07) is 23.8. The summed E-state index contributed by atoms with van der Waals surface area (Å²) in [6.45, 7) is 2.44. The standard InChI is InChI=1S/C26H28N4O3/c1-2-27-26(33)20-10-6-11-21(16-20)28-18-25(32)30-23-13-7-12-22(17-23)29-24(31)15-14-19-8-4-3-5-9-19/h3-13,16-17,28H,2,14-15,18H2,1H3,(H,27,33)(H,29,31)(H,30,32). The highest BCUT2D eigenvalue weighted by atomic mass is 16.2. The molecule has 4 N–H and O–H groups in total. The molecule has 0 radical (unpaired) electrons. The molecular formula is C26H28N4O3. The van der Waals surface area contributed by atoms with Crippen LogP contribution in [0, 0.1) is 0 Å². The van der Waals surface area contributed by atoms with Crippen LogP contribution < -0.4 is 21.3 Å². The molecule has 7 nitrogen and oxygen atoms in total. The first-order valence-corrected chi connectivity index (χ1v) is 10.9. The summed E-state index contributed by atoms with van der Waals surface area (Å²) in [4.78, 5) is 36.6. The molecule has 3 amide bonds. The van der Waals surface area contributed by atoms with Gasteiger partial charge in [-0.2, -0.15) is 0 Å². The highest BCUT2D eigenvalue weighted by Gasteiger charge is 2.08. The van der Waals surface area contributed by atoms with Crippen molar-refractivity contribution >= 4 is 34.8 Å². The molecule has 0 bridgehead atoms. The van der Waals surface area contributed by atoms with E-state index in [1.54, 1.807) is 48.5 Å². The van der Waals surface area contributed by atoms with E-state index in [-0.39, 0.29) is 24.3 Å². The van der Waals surface area contributed by atoms with Crippen LogP contribution in [0.1, 0.15) is 29.3 Å². The van der Waals surface area contributed by atoms with E-state index < -0.39 is 0 Å². The second-order valence-electron chi connectivity index (χ2n) is 7.46. The largest absolute Gasteiger partial charge is 0.376 e. The van der Waals surface area contributed by atoms with Crippen LogP contribution in [0.25, 0.3) is 0 Å². The van der Waals surface area contributed by atoms with Crippen molar-refractivity contribution in [3.05, 3.63) is 90.0 Å². The van der Waals surface area contributed by atoms with Crippen molar-refractivity contribution in [3.63, 3.8) is 0 Å². The molecule has 3 aromatic carbocycles. The summed E-state index contributed by atoms with van der Waals surface area (Å²) in [5.74, 6) is -0.491. The van der Waals surface area contributed by atoms with Crippen molar-refractivity contribution in [2.45, 2.75) is 19.8 Å². The fourth-order valence-electron chi connectivity index (χ4n) is 3.22. The summed E-state index contributed by atoms with van der Waals surface area (Å²) in [5.41, 5.74) is 3.51. The minimum absolute atomic E-state index is 0.0342. The van der Waals surface area contributed by atoms with E-state index in [1.165, 1.54) is 0 Å². The number of rotatable bonds is 10. The van der Waals surface area contributed by atoms with Gasteiger partial charge in [-0.05, 0) is 55.3 Å². The highest BCUT2D eigenvalue weighted by Crippen LogP contribution is 2.16. The lowest BCUT2D eigenvalue weighted by molar-refractivity contribution is -0.116. The molecule has 0 saturated heterocycles. The Labute approximate surface area is 193 Å². The van der Waals surface area contributed by atoms with E-state index in [2.05, 4.69) is 21.3 Å². The summed E-state index contributed by atoms with van der Waals surface area (Å²) < 4.78 is 0. The van der Waals surface area contributed by atoms with E-state index in [0.29, 0.717) is 42.0 Å². The van der Waals surface area contributed by atoms with Crippen LogP contribution in [0.4, 0.5) is 17.1 Å². The number of hydrogen-bond acceptors (Lipinski definition) is 4. The van der Waals surface area contributed by atoms with Crippen molar-refractivity contribution in [2.24, 2.45) is 0 Å². The van der Waals surface area contributed by atoms with Crippen LogP contribution in [0.2, 0.25) is 0 Å². The van der Waals surface area contributed by atoms with Crippen LogP contribution in [-0.4, -0.2) is 30.8 Å². The van der Waals surface area contributed by atoms with Crippen LogP contribution in [0.15, 0.2) is 78.9 Å². The third-order valence-electron chi connectivity index (χ3n) is 4.83. The summed E-state index contributed by atoms with van der Waals surface area (Å²) in [6.07, 6.45) is 1.04. The Kier molecular flexibility index (Phi) is 8.59. The number of anilines is 3. The molecule has 3 aromatic rings.